The molecule has 0 bridgehead atoms. The third kappa shape index (κ3) is 3.73. The molecule has 0 aliphatic carbocycles. The first kappa shape index (κ1) is 19.6. The van der Waals surface area contributed by atoms with Crippen molar-refractivity contribution in [3.8, 4) is 5.75 Å². The minimum Gasteiger partial charge on any atom is -0.482 e. The van der Waals surface area contributed by atoms with Crippen LogP contribution in [0, 0.1) is 5.82 Å². The van der Waals surface area contributed by atoms with Gasteiger partial charge in [0.15, 0.2) is 12.3 Å². The summed E-state index contributed by atoms with van der Waals surface area (Å²) in [6.45, 7) is 1.97. The SMILES string of the molecule is CC[C@H](c1ccc(F)cc1)n1cc(C(=O)Nc2ccc3c(c2)N(C)C(=O)CO3)nn1. The summed E-state index contributed by atoms with van der Waals surface area (Å²) in [4.78, 5) is 25.9. The quantitative estimate of drug-likeness (QED) is 0.700. The number of ether oxygens (including phenoxy) is 1. The van der Waals surface area contributed by atoms with Crippen LogP contribution in [-0.4, -0.2) is 40.5 Å². The highest BCUT2D eigenvalue weighted by Crippen LogP contribution is 2.33. The Morgan fingerprint density at radius 3 is 2.77 bits per heavy atom. The highest BCUT2D eigenvalue weighted by atomic mass is 19.1. The molecule has 0 spiro atoms. The number of anilines is 2. The van der Waals surface area contributed by atoms with E-state index in [9.17, 15) is 14.0 Å². The molecule has 0 radical (unpaired) electrons. The average Bonchev–Trinajstić information content (AvgIpc) is 3.23. The smallest absolute Gasteiger partial charge is 0.277 e. The Balaban J connectivity index is 1.52. The van der Waals surface area contributed by atoms with Gasteiger partial charge in [-0.1, -0.05) is 24.3 Å². The summed E-state index contributed by atoms with van der Waals surface area (Å²) in [7, 11) is 1.65. The molecular formula is C21H20FN5O3. The maximum atomic E-state index is 13.2. The summed E-state index contributed by atoms with van der Waals surface area (Å²) in [5.74, 6) is -0.331. The van der Waals surface area contributed by atoms with Gasteiger partial charge in [0.05, 0.1) is 17.9 Å². The lowest BCUT2D eigenvalue weighted by atomic mass is 10.0. The summed E-state index contributed by atoms with van der Waals surface area (Å²) < 4.78 is 20.2. The number of halogens is 1. The molecule has 9 heteroatoms. The van der Waals surface area contributed by atoms with E-state index >= 15 is 0 Å². The normalized spacial score (nSPS) is 14.1. The van der Waals surface area contributed by atoms with E-state index in [1.807, 2.05) is 6.92 Å². The molecule has 2 aromatic carbocycles. The first-order chi connectivity index (χ1) is 14.5. The van der Waals surface area contributed by atoms with Gasteiger partial charge < -0.3 is 15.0 Å². The van der Waals surface area contributed by atoms with Crippen molar-refractivity contribution in [1.29, 1.82) is 0 Å². The molecule has 30 heavy (non-hydrogen) atoms. The first-order valence-corrected chi connectivity index (χ1v) is 9.48. The van der Waals surface area contributed by atoms with Crippen molar-refractivity contribution in [3.05, 3.63) is 65.7 Å². The van der Waals surface area contributed by atoms with Crippen LogP contribution in [0.25, 0.3) is 0 Å². The van der Waals surface area contributed by atoms with E-state index in [0.29, 0.717) is 23.5 Å². The number of fused-ring (bicyclic) bond motifs is 1. The zero-order chi connectivity index (χ0) is 21.3. The van der Waals surface area contributed by atoms with Crippen molar-refractivity contribution in [1.82, 2.24) is 15.0 Å². The number of rotatable bonds is 5. The van der Waals surface area contributed by atoms with Crippen molar-refractivity contribution in [3.63, 3.8) is 0 Å². The van der Waals surface area contributed by atoms with Crippen LogP contribution in [0.1, 0.15) is 35.4 Å². The number of carbonyl (C=O) groups excluding carboxylic acids is 2. The molecule has 0 saturated carbocycles. The van der Waals surface area contributed by atoms with Gasteiger partial charge in [0.1, 0.15) is 11.6 Å². The number of hydrogen-bond acceptors (Lipinski definition) is 5. The topological polar surface area (TPSA) is 89.4 Å². The van der Waals surface area contributed by atoms with Gasteiger partial charge >= 0.3 is 0 Å². The molecule has 1 aliphatic rings. The van der Waals surface area contributed by atoms with Crippen LogP contribution in [0.2, 0.25) is 0 Å². The fourth-order valence-electron chi connectivity index (χ4n) is 3.34. The van der Waals surface area contributed by atoms with Crippen LogP contribution in [0.15, 0.2) is 48.7 Å². The Hall–Kier alpha value is -3.75. The average molecular weight is 409 g/mol. The second-order valence-corrected chi connectivity index (χ2v) is 6.94. The third-order valence-corrected chi connectivity index (χ3v) is 5.01. The maximum Gasteiger partial charge on any atom is 0.277 e. The number of aromatic nitrogens is 3. The predicted octanol–water partition coefficient (Wildman–Crippen LogP) is 3.02. The molecule has 1 atom stereocenters. The highest BCUT2D eigenvalue weighted by molar-refractivity contribution is 6.04. The largest absolute Gasteiger partial charge is 0.482 e. The number of hydrogen-bond donors (Lipinski definition) is 1. The molecule has 8 nitrogen and oxygen atoms in total. The minimum atomic E-state index is -0.430. The minimum absolute atomic E-state index is 0.00897. The van der Waals surface area contributed by atoms with Gasteiger partial charge in [0.2, 0.25) is 0 Å². The summed E-state index contributed by atoms with van der Waals surface area (Å²) in [5.41, 5.74) is 2.10. The zero-order valence-corrected chi connectivity index (χ0v) is 16.5. The lowest BCUT2D eigenvalue weighted by Crippen LogP contribution is -2.35. The van der Waals surface area contributed by atoms with Gasteiger partial charge in [-0.2, -0.15) is 0 Å². The van der Waals surface area contributed by atoms with Crippen molar-refractivity contribution < 1.29 is 18.7 Å². The molecule has 4 rings (SSSR count). The number of carbonyl (C=O) groups is 2. The van der Waals surface area contributed by atoms with E-state index in [1.54, 1.807) is 48.3 Å². The van der Waals surface area contributed by atoms with E-state index in [0.717, 1.165) is 5.56 Å². The standard InChI is InChI=1S/C21H20FN5O3/c1-3-17(13-4-6-14(22)7-5-13)27-11-16(24-25-27)21(29)23-15-8-9-19-18(10-15)26(2)20(28)12-30-19/h4-11,17H,3,12H2,1-2H3,(H,23,29)/t17-/m1/s1. The first-order valence-electron chi connectivity index (χ1n) is 9.48. The lowest BCUT2D eigenvalue weighted by molar-refractivity contribution is -0.120. The van der Waals surface area contributed by atoms with E-state index in [2.05, 4.69) is 15.6 Å². The number of likely N-dealkylation sites (N-methyl/N-ethyl adjacent to an activating group) is 1. The fourth-order valence-corrected chi connectivity index (χ4v) is 3.34. The van der Waals surface area contributed by atoms with Crippen LogP contribution in [0.4, 0.5) is 15.8 Å². The van der Waals surface area contributed by atoms with Gasteiger partial charge in [0.25, 0.3) is 11.8 Å². The zero-order valence-electron chi connectivity index (χ0n) is 16.5. The van der Waals surface area contributed by atoms with Crippen molar-refractivity contribution in [2.24, 2.45) is 0 Å². The second-order valence-electron chi connectivity index (χ2n) is 6.94. The summed E-state index contributed by atoms with van der Waals surface area (Å²) in [5, 5.41) is 10.8. The molecule has 1 N–H and O–H groups in total. The number of amides is 2. The Morgan fingerprint density at radius 2 is 2.03 bits per heavy atom. The Bertz CT molecular complexity index is 1100. The molecule has 1 aromatic heterocycles. The molecule has 3 aromatic rings. The fraction of sp³-hybridized carbons (Fsp3) is 0.238. The highest BCUT2D eigenvalue weighted by Gasteiger charge is 2.23. The van der Waals surface area contributed by atoms with Crippen LogP contribution >= 0.6 is 0 Å². The number of benzene rings is 2. The Kier molecular flexibility index (Phi) is 5.18. The van der Waals surface area contributed by atoms with Crippen molar-refractivity contribution in [2.45, 2.75) is 19.4 Å². The van der Waals surface area contributed by atoms with Crippen molar-refractivity contribution in [2.75, 3.05) is 23.9 Å². The molecule has 0 fully saturated rings. The van der Waals surface area contributed by atoms with E-state index in [4.69, 9.17) is 4.74 Å². The second kappa shape index (κ2) is 7.94. The molecule has 2 amide bonds. The van der Waals surface area contributed by atoms with Gasteiger partial charge in [-0.05, 0) is 42.3 Å². The van der Waals surface area contributed by atoms with E-state index in [-0.39, 0.29) is 30.1 Å². The van der Waals surface area contributed by atoms with Crippen LogP contribution in [0.5, 0.6) is 5.75 Å². The Morgan fingerprint density at radius 1 is 1.27 bits per heavy atom. The lowest BCUT2D eigenvalue weighted by Gasteiger charge is -2.26. The van der Waals surface area contributed by atoms with Gasteiger partial charge in [-0.15, -0.1) is 5.10 Å². The van der Waals surface area contributed by atoms with Crippen LogP contribution in [-0.2, 0) is 4.79 Å². The van der Waals surface area contributed by atoms with Gasteiger partial charge in [0, 0.05) is 12.7 Å². The molecule has 154 valence electrons. The summed E-state index contributed by atoms with van der Waals surface area (Å²) in [6.07, 6.45) is 2.26. The van der Waals surface area contributed by atoms with Crippen molar-refractivity contribution >= 4 is 23.2 Å². The number of nitrogens with zero attached hydrogens (tertiary/aromatic N) is 4. The van der Waals surface area contributed by atoms with Crippen LogP contribution in [0.3, 0.4) is 0 Å². The molecular weight excluding hydrogens is 389 g/mol. The molecule has 0 unspecified atom stereocenters. The van der Waals surface area contributed by atoms with E-state index < -0.39 is 5.91 Å². The number of nitrogens with one attached hydrogen (secondary N) is 1. The van der Waals surface area contributed by atoms with Gasteiger partial charge in [-0.25, -0.2) is 9.07 Å². The summed E-state index contributed by atoms with van der Waals surface area (Å²) >= 11 is 0. The Labute approximate surface area is 172 Å². The monoisotopic (exact) mass is 409 g/mol. The van der Waals surface area contributed by atoms with Crippen LogP contribution < -0.4 is 15.0 Å². The maximum absolute atomic E-state index is 13.2. The molecule has 0 saturated heterocycles. The van der Waals surface area contributed by atoms with Gasteiger partial charge in [-0.3, -0.25) is 9.59 Å². The molecule has 1 aliphatic heterocycles. The third-order valence-electron chi connectivity index (χ3n) is 5.01. The predicted molar refractivity (Wildman–Crippen MR) is 108 cm³/mol. The summed E-state index contributed by atoms with van der Waals surface area (Å²) in [6, 6.07) is 11.1. The molecule has 2 heterocycles. The van der Waals surface area contributed by atoms with E-state index in [1.165, 1.54) is 17.0 Å².